The molecule has 122 valence electrons. The number of thiazole rings is 1. The molecule has 24 heavy (non-hydrogen) atoms. The van der Waals surface area contributed by atoms with Gasteiger partial charge in [-0.3, -0.25) is 20.2 Å². The van der Waals surface area contributed by atoms with E-state index < -0.39 is 10.8 Å². The second-order valence-corrected chi connectivity index (χ2v) is 6.83. The maximum atomic E-state index is 12.3. The van der Waals surface area contributed by atoms with Crippen LogP contribution in [0.5, 0.6) is 0 Å². The summed E-state index contributed by atoms with van der Waals surface area (Å²) < 4.78 is 0.752. The summed E-state index contributed by atoms with van der Waals surface area (Å²) in [5.74, 6) is -0.545. The van der Waals surface area contributed by atoms with Crippen LogP contribution in [0.3, 0.4) is 0 Å². The average molecular weight is 403 g/mol. The molecule has 0 spiro atoms. The minimum absolute atomic E-state index is 0.0436. The Kier molecular flexibility index (Phi) is 4.60. The van der Waals surface area contributed by atoms with Gasteiger partial charge in [-0.25, -0.2) is 4.98 Å². The van der Waals surface area contributed by atoms with Gasteiger partial charge in [-0.2, -0.15) is 0 Å². The van der Waals surface area contributed by atoms with Crippen molar-refractivity contribution in [2.75, 3.05) is 5.32 Å². The number of nitrogens with zero attached hydrogens (tertiary/aromatic N) is 2. The molecule has 0 atom stereocenters. The molecule has 0 aliphatic rings. The number of halogens is 3. The van der Waals surface area contributed by atoms with Crippen LogP contribution in [-0.2, 0) is 0 Å². The number of hydrogen-bond acceptors (Lipinski definition) is 5. The Hall–Kier alpha value is -1.93. The van der Waals surface area contributed by atoms with Gasteiger partial charge in [0.2, 0.25) is 0 Å². The Labute approximate surface area is 154 Å². The maximum absolute atomic E-state index is 12.3. The highest BCUT2D eigenvalue weighted by Gasteiger charge is 2.18. The van der Waals surface area contributed by atoms with Gasteiger partial charge < -0.3 is 0 Å². The van der Waals surface area contributed by atoms with Gasteiger partial charge in [0.25, 0.3) is 11.6 Å². The number of anilines is 1. The smallest absolute Gasteiger partial charge is 0.288 e. The molecule has 10 heteroatoms. The van der Waals surface area contributed by atoms with Gasteiger partial charge in [0.1, 0.15) is 10.5 Å². The summed E-state index contributed by atoms with van der Waals surface area (Å²) in [7, 11) is 0. The van der Waals surface area contributed by atoms with E-state index in [-0.39, 0.29) is 16.3 Å². The zero-order valence-electron chi connectivity index (χ0n) is 11.5. The zero-order chi connectivity index (χ0) is 17.4. The summed E-state index contributed by atoms with van der Waals surface area (Å²) in [6, 6.07) is 7.17. The van der Waals surface area contributed by atoms with E-state index >= 15 is 0 Å². The van der Waals surface area contributed by atoms with Crippen molar-refractivity contribution in [1.82, 2.24) is 4.98 Å². The molecule has 0 saturated carbocycles. The largest absolute Gasteiger partial charge is 0.298 e. The predicted molar refractivity (Wildman–Crippen MR) is 95.7 cm³/mol. The Bertz CT molecular complexity index is 990. The van der Waals surface area contributed by atoms with Gasteiger partial charge in [0, 0.05) is 11.6 Å². The van der Waals surface area contributed by atoms with Crippen molar-refractivity contribution in [2.45, 2.75) is 0 Å². The van der Waals surface area contributed by atoms with E-state index in [4.69, 9.17) is 34.8 Å². The van der Waals surface area contributed by atoms with Gasteiger partial charge >= 0.3 is 0 Å². The second-order valence-electron chi connectivity index (χ2n) is 4.60. The van der Waals surface area contributed by atoms with Crippen molar-refractivity contribution in [2.24, 2.45) is 0 Å². The Morgan fingerprint density at radius 3 is 2.58 bits per heavy atom. The lowest BCUT2D eigenvalue weighted by Gasteiger charge is -2.02. The van der Waals surface area contributed by atoms with Crippen LogP contribution in [0.1, 0.15) is 10.4 Å². The highest BCUT2D eigenvalue weighted by atomic mass is 35.5. The third-order valence-electron chi connectivity index (χ3n) is 3.08. The number of carbonyl (C=O) groups excluding carboxylic acids is 1. The Morgan fingerprint density at radius 1 is 1.17 bits per heavy atom. The number of aromatic nitrogens is 1. The van der Waals surface area contributed by atoms with Crippen LogP contribution in [0.25, 0.3) is 10.2 Å². The maximum Gasteiger partial charge on any atom is 0.288 e. The van der Waals surface area contributed by atoms with Gasteiger partial charge in [-0.15, -0.1) is 0 Å². The average Bonchev–Trinajstić information content (AvgIpc) is 2.94. The van der Waals surface area contributed by atoms with E-state index in [2.05, 4.69) is 10.3 Å². The molecule has 1 N–H and O–H groups in total. The Morgan fingerprint density at radius 2 is 1.88 bits per heavy atom. The molecule has 1 amide bonds. The first-order valence-electron chi connectivity index (χ1n) is 6.36. The van der Waals surface area contributed by atoms with Gasteiger partial charge in [0.05, 0.1) is 19.7 Å². The fourth-order valence-corrected chi connectivity index (χ4v) is 3.43. The molecule has 6 nitrogen and oxygen atoms in total. The first-order valence-corrected chi connectivity index (χ1v) is 8.31. The van der Waals surface area contributed by atoms with Crippen LogP contribution in [0.2, 0.25) is 15.1 Å². The fraction of sp³-hybridized carbons (Fsp3) is 0. The predicted octanol–water partition coefficient (Wildman–Crippen LogP) is 5.42. The molecular formula is C14H6Cl3N3O3S. The number of nitro groups is 1. The second kappa shape index (κ2) is 6.52. The normalized spacial score (nSPS) is 10.8. The molecule has 3 rings (SSSR count). The number of hydrogen-bond donors (Lipinski definition) is 1. The first kappa shape index (κ1) is 16.9. The minimum atomic E-state index is -0.654. The number of nitro benzene ring substituents is 1. The third kappa shape index (κ3) is 3.16. The van der Waals surface area contributed by atoms with Crippen LogP contribution < -0.4 is 5.32 Å². The van der Waals surface area contributed by atoms with E-state index in [1.807, 2.05) is 0 Å². The van der Waals surface area contributed by atoms with Gasteiger partial charge in [-0.1, -0.05) is 46.1 Å². The van der Waals surface area contributed by atoms with E-state index in [0.29, 0.717) is 20.7 Å². The third-order valence-corrected chi connectivity index (χ3v) is 5.13. The lowest BCUT2D eigenvalue weighted by molar-refractivity contribution is -0.384. The summed E-state index contributed by atoms with van der Waals surface area (Å²) in [6.07, 6.45) is 0. The lowest BCUT2D eigenvalue weighted by Crippen LogP contribution is -2.11. The first-order chi connectivity index (χ1) is 11.4. The minimum Gasteiger partial charge on any atom is -0.298 e. The molecule has 1 heterocycles. The van der Waals surface area contributed by atoms with Crippen LogP contribution >= 0.6 is 46.1 Å². The van der Waals surface area contributed by atoms with Crippen molar-refractivity contribution in [3.63, 3.8) is 0 Å². The standard InChI is InChI=1S/C14H6Cl3N3O3S/c15-7-2-1-6(5-9(7)20(22)23)13(21)19-14-18-12-10(24-14)4-3-8(16)11(12)17/h1-5H,(H,18,19,21). The van der Waals surface area contributed by atoms with E-state index in [9.17, 15) is 14.9 Å². The summed E-state index contributed by atoms with van der Waals surface area (Å²) in [6.45, 7) is 0. The molecule has 0 saturated heterocycles. The zero-order valence-corrected chi connectivity index (χ0v) is 14.6. The number of fused-ring (bicyclic) bond motifs is 1. The number of rotatable bonds is 3. The van der Waals surface area contributed by atoms with Crippen LogP contribution in [0, 0.1) is 10.1 Å². The molecule has 0 fully saturated rings. The molecule has 0 aliphatic carbocycles. The number of carbonyl (C=O) groups is 1. The summed E-state index contributed by atoms with van der Waals surface area (Å²) in [5.41, 5.74) is 0.226. The SMILES string of the molecule is O=C(Nc1nc2c(Cl)c(Cl)ccc2s1)c1ccc(Cl)c([N+](=O)[O-])c1. The monoisotopic (exact) mass is 401 g/mol. The Balaban J connectivity index is 1.91. The molecule has 1 aromatic heterocycles. The van der Waals surface area contributed by atoms with Crippen LogP contribution in [-0.4, -0.2) is 15.8 Å². The van der Waals surface area contributed by atoms with E-state index in [1.165, 1.54) is 23.5 Å². The van der Waals surface area contributed by atoms with E-state index in [0.717, 1.165) is 10.8 Å². The quantitative estimate of drug-likeness (QED) is 0.468. The summed E-state index contributed by atoms with van der Waals surface area (Å²) in [5, 5.41) is 14.4. The van der Waals surface area contributed by atoms with Crippen molar-refractivity contribution < 1.29 is 9.72 Å². The lowest BCUT2D eigenvalue weighted by atomic mass is 10.2. The molecule has 3 aromatic rings. The molecule has 2 aromatic carbocycles. The van der Waals surface area contributed by atoms with Crippen molar-refractivity contribution in [1.29, 1.82) is 0 Å². The number of benzene rings is 2. The fourth-order valence-electron chi connectivity index (χ4n) is 1.95. The van der Waals surface area contributed by atoms with Crippen LogP contribution in [0.4, 0.5) is 10.8 Å². The van der Waals surface area contributed by atoms with E-state index in [1.54, 1.807) is 12.1 Å². The molecule has 0 aliphatic heterocycles. The summed E-state index contributed by atoms with van der Waals surface area (Å²) >= 11 is 18.9. The van der Waals surface area contributed by atoms with Crippen molar-refractivity contribution >= 4 is 73.1 Å². The summed E-state index contributed by atoms with van der Waals surface area (Å²) in [4.78, 5) is 26.7. The number of amides is 1. The van der Waals surface area contributed by atoms with Gasteiger partial charge in [-0.05, 0) is 24.3 Å². The molecule has 0 unspecified atom stereocenters. The van der Waals surface area contributed by atoms with Gasteiger partial charge in [0.15, 0.2) is 5.13 Å². The topological polar surface area (TPSA) is 85.1 Å². The molecule has 0 radical (unpaired) electrons. The highest BCUT2D eigenvalue weighted by Crippen LogP contribution is 2.35. The van der Waals surface area contributed by atoms with Crippen molar-refractivity contribution in [3.8, 4) is 0 Å². The number of nitrogens with one attached hydrogen (secondary N) is 1. The molecule has 0 bridgehead atoms. The molecular weight excluding hydrogens is 397 g/mol. The van der Waals surface area contributed by atoms with Crippen molar-refractivity contribution in [3.05, 3.63) is 61.1 Å². The van der Waals surface area contributed by atoms with Crippen LogP contribution in [0.15, 0.2) is 30.3 Å². The highest BCUT2D eigenvalue weighted by molar-refractivity contribution is 7.22.